The van der Waals surface area contributed by atoms with Crippen LogP contribution in [0.3, 0.4) is 0 Å². The summed E-state index contributed by atoms with van der Waals surface area (Å²) >= 11 is 0. The molecule has 7 nitrogen and oxygen atoms in total. The van der Waals surface area contributed by atoms with Crippen LogP contribution in [-0.2, 0) is 15.0 Å². The number of rotatable bonds is 7. The summed E-state index contributed by atoms with van der Waals surface area (Å²) in [6.45, 7) is 0.294. The van der Waals surface area contributed by atoms with Crippen molar-refractivity contribution < 1.29 is 27.0 Å². The van der Waals surface area contributed by atoms with Crippen LogP contribution < -0.4 is 11.1 Å². The highest BCUT2D eigenvalue weighted by Gasteiger charge is 2.20. The van der Waals surface area contributed by atoms with E-state index in [1.54, 1.807) is 0 Å². The highest BCUT2D eigenvalue weighted by atomic mass is 32.3. The number of carbonyl (C=O) groups is 2. The molecule has 0 unspecified atom stereocenters. The molecule has 9 heteroatoms. The molecule has 1 amide bonds. The zero-order valence-electron chi connectivity index (χ0n) is 11.0. The molecule has 0 aliphatic rings. The van der Waals surface area contributed by atoms with E-state index in [2.05, 4.69) is 5.32 Å². The summed E-state index contributed by atoms with van der Waals surface area (Å²) in [4.78, 5) is 22.2. The lowest BCUT2D eigenvalue weighted by Gasteiger charge is -2.14. The van der Waals surface area contributed by atoms with Crippen LogP contribution >= 0.6 is 0 Å². The summed E-state index contributed by atoms with van der Waals surface area (Å²) in [7, 11) is -4.83. The van der Waals surface area contributed by atoms with Gasteiger partial charge in [0, 0.05) is 5.56 Å². The largest absolute Gasteiger partial charge is 0.480 e. The van der Waals surface area contributed by atoms with Crippen LogP contribution in [0.25, 0.3) is 0 Å². The third-order valence-electron chi connectivity index (χ3n) is 2.70. The second-order valence-electron chi connectivity index (χ2n) is 4.26. The molecule has 21 heavy (non-hydrogen) atoms. The van der Waals surface area contributed by atoms with Gasteiger partial charge in [-0.15, -0.1) is 3.89 Å². The van der Waals surface area contributed by atoms with Crippen molar-refractivity contribution in [3.05, 3.63) is 29.8 Å². The molecule has 0 aliphatic carbocycles. The third kappa shape index (κ3) is 5.12. The van der Waals surface area contributed by atoms with Crippen LogP contribution in [0.15, 0.2) is 29.2 Å². The fourth-order valence-corrected chi connectivity index (χ4v) is 2.05. The van der Waals surface area contributed by atoms with E-state index < -0.39 is 33.0 Å². The minimum absolute atomic E-state index is 0.0291. The Labute approximate surface area is 121 Å². The van der Waals surface area contributed by atoms with E-state index >= 15 is 0 Å². The van der Waals surface area contributed by atoms with Crippen LogP contribution in [0.5, 0.6) is 0 Å². The van der Waals surface area contributed by atoms with Gasteiger partial charge < -0.3 is 16.2 Å². The maximum absolute atomic E-state index is 12.7. The van der Waals surface area contributed by atoms with Gasteiger partial charge in [0.15, 0.2) is 0 Å². The molecule has 0 spiro atoms. The molecular weight excluding hydrogens is 303 g/mol. The Morgan fingerprint density at radius 2 is 1.86 bits per heavy atom. The molecular formula is C12H15FN2O5S. The molecule has 0 radical (unpaired) electrons. The van der Waals surface area contributed by atoms with E-state index in [9.17, 15) is 21.9 Å². The van der Waals surface area contributed by atoms with Gasteiger partial charge in [0.05, 0.1) is 4.90 Å². The first-order chi connectivity index (χ1) is 9.75. The highest BCUT2D eigenvalue weighted by molar-refractivity contribution is 7.86. The van der Waals surface area contributed by atoms with Crippen molar-refractivity contribution in [1.29, 1.82) is 0 Å². The van der Waals surface area contributed by atoms with E-state index in [1.165, 1.54) is 0 Å². The molecule has 1 rings (SSSR count). The molecule has 1 atom stereocenters. The summed E-state index contributed by atoms with van der Waals surface area (Å²) in [6.07, 6.45) is 0.602. The van der Waals surface area contributed by atoms with Crippen LogP contribution in [0, 0.1) is 0 Å². The number of hydrogen-bond acceptors (Lipinski definition) is 5. The van der Waals surface area contributed by atoms with Gasteiger partial charge in [-0.2, -0.15) is 8.42 Å². The molecule has 1 aromatic rings. The maximum atomic E-state index is 12.7. The lowest BCUT2D eigenvalue weighted by atomic mass is 10.1. The number of nitrogens with two attached hydrogens (primary N) is 1. The van der Waals surface area contributed by atoms with E-state index in [0.29, 0.717) is 13.0 Å². The Kier molecular flexibility index (Phi) is 5.79. The smallest absolute Gasteiger partial charge is 0.332 e. The molecule has 4 N–H and O–H groups in total. The molecule has 0 heterocycles. The normalized spacial score (nSPS) is 12.7. The number of nitrogens with one attached hydrogen (secondary N) is 1. The van der Waals surface area contributed by atoms with Crippen molar-refractivity contribution >= 4 is 22.1 Å². The Morgan fingerprint density at radius 3 is 2.29 bits per heavy atom. The van der Waals surface area contributed by atoms with Crippen molar-refractivity contribution in [2.45, 2.75) is 23.8 Å². The van der Waals surface area contributed by atoms with Gasteiger partial charge in [-0.1, -0.05) is 0 Å². The van der Waals surface area contributed by atoms with Gasteiger partial charge in [-0.3, -0.25) is 4.79 Å². The summed E-state index contributed by atoms with van der Waals surface area (Å²) in [5.74, 6) is -1.89. The summed E-state index contributed by atoms with van der Waals surface area (Å²) in [5, 5.41) is 11.3. The van der Waals surface area contributed by atoms with Gasteiger partial charge in [0.2, 0.25) is 0 Å². The zero-order valence-corrected chi connectivity index (χ0v) is 11.8. The van der Waals surface area contributed by atoms with Gasteiger partial charge in [0.25, 0.3) is 5.91 Å². The predicted molar refractivity (Wildman–Crippen MR) is 71.9 cm³/mol. The summed E-state index contributed by atoms with van der Waals surface area (Å²) < 4.78 is 34.0. The van der Waals surface area contributed by atoms with Crippen molar-refractivity contribution in [3.8, 4) is 0 Å². The fourth-order valence-electron chi connectivity index (χ4n) is 1.59. The predicted octanol–water partition coefficient (Wildman–Crippen LogP) is 0.267. The molecule has 0 aliphatic heterocycles. The Hall–Kier alpha value is -2.00. The second-order valence-corrected chi connectivity index (χ2v) is 5.60. The fraction of sp³-hybridized carbons (Fsp3) is 0.333. The van der Waals surface area contributed by atoms with Crippen molar-refractivity contribution in [1.82, 2.24) is 5.32 Å². The summed E-state index contributed by atoms with van der Waals surface area (Å²) in [5.41, 5.74) is 5.31. The van der Waals surface area contributed by atoms with Crippen LogP contribution in [0.4, 0.5) is 3.89 Å². The number of aliphatic carboxylic acids is 1. The number of carboxylic acid groups (broad SMARTS) is 1. The van der Waals surface area contributed by atoms with E-state index in [-0.39, 0.29) is 12.0 Å². The minimum atomic E-state index is -4.83. The van der Waals surface area contributed by atoms with Gasteiger partial charge in [-0.25, -0.2) is 4.79 Å². The standard InChI is InChI=1S/C12H15FN2O5S/c13-21(19,20)9-5-3-8(4-6-9)11(16)15-10(12(17)18)2-1-7-14/h3-6,10H,1-2,7,14H2,(H,15,16)(H,17,18)/t10-/m1/s1. The topological polar surface area (TPSA) is 127 Å². The maximum Gasteiger partial charge on any atom is 0.332 e. The highest BCUT2D eigenvalue weighted by Crippen LogP contribution is 2.13. The lowest BCUT2D eigenvalue weighted by molar-refractivity contribution is -0.139. The first kappa shape index (κ1) is 17.1. The quantitative estimate of drug-likeness (QED) is 0.619. The molecule has 116 valence electrons. The molecule has 0 saturated heterocycles. The van der Waals surface area contributed by atoms with E-state index in [1.807, 2.05) is 0 Å². The van der Waals surface area contributed by atoms with Gasteiger partial charge in [-0.05, 0) is 43.7 Å². The number of hydrogen-bond donors (Lipinski definition) is 3. The Balaban J connectivity index is 2.81. The van der Waals surface area contributed by atoms with Crippen LogP contribution in [-0.4, -0.2) is 38.0 Å². The van der Waals surface area contributed by atoms with Crippen molar-refractivity contribution in [2.24, 2.45) is 5.73 Å². The first-order valence-corrected chi connectivity index (χ1v) is 7.42. The molecule has 0 bridgehead atoms. The average molecular weight is 318 g/mol. The number of amides is 1. The number of carbonyl (C=O) groups excluding carboxylic acids is 1. The van der Waals surface area contributed by atoms with Crippen LogP contribution in [0.2, 0.25) is 0 Å². The minimum Gasteiger partial charge on any atom is -0.480 e. The second kappa shape index (κ2) is 7.14. The number of carboxylic acids is 1. The Bertz CT molecular complexity index is 615. The zero-order chi connectivity index (χ0) is 16.0. The van der Waals surface area contributed by atoms with Crippen molar-refractivity contribution in [2.75, 3.05) is 6.54 Å². The monoisotopic (exact) mass is 318 g/mol. The van der Waals surface area contributed by atoms with Gasteiger partial charge in [0.1, 0.15) is 6.04 Å². The molecule has 1 aromatic carbocycles. The van der Waals surface area contributed by atoms with Crippen LogP contribution in [0.1, 0.15) is 23.2 Å². The van der Waals surface area contributed by atoms with E-state index in [4.69, 9.17) is 10.8 Å². The molecule has 0 saturated carbocycles. The number of benzene rings is 1. The lowest BCUT2D eigenvalue weighted by Crippen LogP contribution is -2.41. The van der Waals surface area contributed by atoms with Crippen molar-refractivity contribution in [3.63, 3.8) is 0 Å². The molecule has 0 aromatic heterocycles. The Morgan fingerprint density at radius 1 is 1.29 bits per heavy atom. The number of halogens is 1. The summed E-state index contributed by atoms with van der Waals surface area (Å²) in [6, 6.07) is 2.97. The SMILES string of the molecule is NCCC[C@@H](NC(=O)c1ccc(S(=O)(=O)F)cc1)C(=O)O. The average Bonchev–Trinajstić information content (AvgIpc) is 2.42. The van der Waals surface area contributed by atoms with E-state index in [0.717, 1.165) is 24.3 Å². The third-order valence-corrected chi connectivity index (χ3v) is 3.53. The first-order valence-electron chi connectivity index (χ1n) is 6.04. The van der Waals surface area contributed by atoms with Gasteiger partial charge >= 0.3 is 16.2 Å². The molecule has 0 fully saturated rings.